The van der Waals surface area contributed by atoms with Gasteiger partial charge in [0.25, 0.3) is 5.91 Å². The standard InChI is InChI=1S/C10H9N3OS/c14-9-7-2-5-15-10(7)13-4-1-3-11-8(13)6-12-9/h1-3,5H,4,6H2,(H,12,14). The molecule has 0 bridgehead atoms. The van der Waals surface area contributed by atoms with Crippen LogP contribution in [0.2, 0.25) is 0 Å². The quantitative estimate of drug-likeness (QED) is 0.713. The van der Waals surface area contributed by atoms with Crippen LogP contribution in [0.25, 0.3) is 0 Å². The number of carbonyl (C=O) groups excluding carboxylic acids is 1. The topological polar surface area (TPSA) is 44.7 Å². The fourth-order valence-electron chi connectivity index (χ4n) is 1.75. The van der Waals surface area contributed by atoms with Crippen molar-refractivity contribution in [3.05, 3.63) is 29.3 Å². The number of rotatable bonds is 0. The fourth-order valence-corrected chi connectivity index (χ4v) is 2.67. The molecule has 1 N–H and O–H groups in total. The van der Waals surface area contributed by atoms with Gasteiger partial charge in [-0.2, -0.15) is 0 Å². The normalized spacial score (nSPS) is 18.8. The summed E-state index contributed by atoms with van der Waals surface area (Å²) in [5, 5.41) is 5.78. The Morgan fingerprint density at radius 3 is 3.40 bits per heavy atom. The van der Waals surface area contributed by atoms with Gasteiger partial charge in [-0.15, -0.1) is 11.3 Å². The number of hydrogen-bond acceptors (Lipinski definition) is 4. The van der Waals surface area contributed by atoms with Gasteiger partial charge in [0.05, 0.1) is 12.1 Å². The third-order valence-electron chi connectivity index (χ3n) is 2.47. The summed E-state index contributed by atoms with van der Waals surface area (Å²) >= 11 is 1.58. The van der Waals surface area contributed by atoms with Crippen LogP contribution in [-0.4, -0.2) is 24.8 Å². The van der Waals surface area contributed by atoms with Gasteiger partial charge in [-0.1, -0.05) is 0 Å². The van der Waals surface area contributed by atoms with E-state index in [1.165, 1.54) is 0 Å². The van der Waals surface area contributed by atoms with Crippen molar-refractivity contribution in [1.82, 2.24) is 5.32 Å². The number of aliphatic imine (C=N–C) groups is 1. The molecular formula is C10H9N3OS. The number of nitrogens with one attached hydrogen (secondary N) is 1. The molecule has 15 heavy (non-hydrogen) atoms. The number of thiophene rings is 1. The van der Waals surface area contributed by atoms with Crippen LogP contribution in [0.5, 0.6) is 0 Å². The van der Waals surface area contributed by atoms with Gasteiger partial charge in [-0.25, -0.2) is 4.99 Å². The molecule has 0 aliphatic carbocycles. The average Bonchev–Trinajstić information content (AvgIpc) is 2.71. The number of nitrogens with zero attached hydrogens (tertiary/aromatic N) is 2. The highest BCUT2D eigenvalue weighted by Crippen LogP contribution is 2.30. The van der Waals surface area contributed by atoms with E-state index in [1.807, 2.05) is 17.5 Å². The van der Waals surface area contributed by atoms with Crippen LogP contribution in [-0.2, 0) is 0 Å². The Hall–Kier alpha value is -1.62. The summed E-state index contributed by atoms with van der Waals surface area (Å²) in [7, 11) is 0. The molecular weight excluding hydrogens is 210 g/mol. The lowest BCUT2D eigenvalue weighted by Crippen LogP contribution is -2.37. The van der Waals surface area contributed by atoms with Crippen molar-refractivity contribution >= 4 is 28.1 Å². The Bertz CT molecular complexity index is 475. The Kier molecular flexibility index (Phi) is 1.85. The molecule has 0 fully saturated rings. The summed E-state index contributed by atoms with van der Waals surface area (Å²) in [6.45, 7) is 1.30. The third kappa shape index (κ3) is 1.27. The molecule has 0 radical (unpaired) electrons. The monoisotopic (exact) mass is 219 g/mol. The number of fused-ring (bicyclic) bond motifs is 3. The van der Waals surface area contributed by atoms with Crippen LogP contribution in [0.3, 0.4) is 0 Å². The maximum atomic E-state index is 11.7. The second-order valence-electron chi connectivity index (χ2n) is 3.36. The van der Waals surface area contributed by atoms with Crippen molar-refractivity contribution in [3.8, 4) is 0 Å². The largest absolute Gasteiger partial charge is 0.345 e. The molecule has 1 aromatic rings. The van der Waals surface area contributed by atoms with Crippen LogP contribution in [0.15, 0.2) is 28.7 Å². The van der Waals surface area contributed by atoms with Gasteiger partial charge < -0.3 is 10.2 Å². The first-order valence-corrected chi connectivity index (χ1v) is 5.59. The predicted molar refractivity (Wildman–Crippen MR) is 60.6 cm³/mol. The zero-order valence-electron chi connectivity index (χ0n) is 7.93. The van der Waals surface area contributed by atoms with Gasteiger partial charge in [0, 0.05) is 12.7 Å². The van der Waals surface area contributed by atoms with Crippen molar-refractivity contribution in [2.45, 2.75) is 0 Å². The van der Waals surface area contributed by atoms with E-state index in [9.17, 15) is 4.79 Å². The van der Waals surface area contributed by atoms with E-state index in [1.54, 1.807) is 17.5 Å². The van der Waals surface area contributed by atoms with Gasteiger partial charge in [0.2, 0.25) is 0 Å². The molecule has 0 unspecified atom stereocenters. The summed E-state index contributed by atoms with van der Waals surface area (Å²) in [5.41, 5.74) is 0.750. The molecule has 2 aliphatic heterocycles. The van der Waals surface area contributed by atoms with Crippen LogP contribution in [0.1, 0.15) is 10.4 Å². The fraction of sp³-hybridized carbons (Fsp3) is 0.200. The van der Waals surface area contributed by atoms with Gasteiger partial charge >= 0.3 is 0 Å². The van der Waals surface area contributed by atoms with Crippen molar-refractivity contribution < 1.29 is 4.79 Å². The number of hydrogen-bond donors (Lipinski definition) is 1. The molecule has 5 heteroatoms. The molecule has 0 spiro atoms. The minimum absolute atomic E-state index is 0.0108. The smallest absolute Gasteiger partial charge is 0.254 e. The number of amides is 1. The first-order valence-electron chi connectivity index (χ1n) is 4.71. The molecule has 1 aromatic heterocycles. The Balaban J connectivity index is 2.13. The molecule has 3 heterocycles. The van der Waals surface area contributed by atoms with Gasteiger partial charge in [-0.05, 0) is 17.5 Å². The average molecular weight is 219 g/mol. The van der Waals surface area contributed by atoms with Crippen LogP contribution < -0.4 is 10.2 Å². The minimum atomic E-state index is -0.0108. The highest BCUT2D eigenvalue weighted by molar-refractivity contribution is 7.14. The molecule has 0 saturated carbocycles. The number of anilines is 1. The zero-order chi connectivity index (χ0) is 10.3. The van der Waals surface area contributed by atoms with E-state index in [4.69, 9.17) is 0 Å². The minimum Gasteiger partial charge on any atom is -0.345 e. The van der Waals surface area contributed by atoms with E-state index < -0.39 is 0 Å². The second kappa shape index (κ2) is 3.20. The Labute approximate surface area is 90.9 Å². The maximum Gasteiger partial charge on any atom is 0.254 e. The number of carbonyl (C=O) groups is 1. The Morgan fingerprint density at radius 1 is 1.53 bits per heavy atom. The lowest BCUT2D eigenvalue weighted by atomic mass is 10.3. The van der Waals surface area contributed by atoms with Crippen LogP contribution >= 0.6 is 11.3 Å². The van der Waals surface area contributed by atoms with E-state index >= 15 is 0 Å². The van der Waals surface area contributed by atoms with Gasteiger partial charge in [0.15, 0.2) is 0 Å². The second-order valence-corrected chi connectivity index (χ2v) is 4.26. The zero-order valence-corrected chi connectivity index (χ0v) is 8.75. The molecule has 4 nitrogen and oxygen atoms in total. The Morgan fingerprint density at radius 2 is 2.47 bits per heavy atom. The SMILES string of the molecule is O=C1NCC2=NC=CCN2c2sccc21. The molecule has 0 aromatic carbocycles. The van der Waals surface area contributed by atoms with Crippen LogP contribution in [0.4, 0.5) is 5.00 Å². The number of amidine groups is 1. The maximum absolute atomic E-state index is 11.7. The lowest BCUT2D eigenvalue weighted by Gasteiger charge is -2.23. The summed E-state index contributed by atoms with van der Waals surface area (Å²) in [6.07, 6.45) is 3.78. The summed E-state index contributed by atoms with van der Waals surface area (Å²) in [4.78, 5) is 18.1. The highest BCUT2D eigenvalue weighted by atomic mass is 32.1. The third-order valence-corrected chi connectivity index (χ3v) is 3.41. The van der Waals surface area contributed by atoms with Gasteiger partial charge in [0.1, 0.15) is 10.8 Å². The first-order chi connectivity index (χ1) is 7.36. The molecule has 1 amide bonds. The summed E-state index contributed by atoms with van der Waals surface area (Å²) in [6, 6.07) is 1.86. The van der Waals surface area contributed by atoms with Crippen molar-refractivity contribution in [2.24, 2.45) is 4.99 Å². The van der Waals surface area contributed by atoms with Crippen molar-refractivity contribution in [2.75, 3.05) is 18.0 Å². The van der Waals surface area contributed by atoms with E-state index in [0.29, 0.717) is 6.54 Å². The molecule has 0 saturated heterocycles. The summed E-state index contributed by atoms with van der Waals surface area (Å²) < 4.78 is 0. The van der Waals surface area contributed by atoms with Crippen molar-refractivity contribution in [3.63, 3.8) is 0 Å². The van der Waals surface area contributed by atoms with E-state index in [0.717, 1.165) is 22.9 Å². The lowest BCUT2D eigenvalue weighted by molar-refractivity contribution is 0.0961. The van der Waals surface area contributed by atoms with E-state index in [-0.39, 0.29) is 5.91 Å². The molecule has 3 rings (SSSR count). The van der Waals surface area contributed by atoms with Gasteiger partial charge in [-0.3, -0.25) is 4.79 Å². The predicted octanol–water partition coefficient (Wildman–Crippen LogP) is 1.22. The summed E-state index contributed by atoms with van der Waals surface area (Å²) in [5.74, 6) is 0.899. The van der Waals surface area contributed by atoms with Crippen molar-refractivity contribution in [1.29, 1.82) is 0 Å². The molecule has 0 atom stereocenters. The molecule has 76 valence electrons. The van der Waals surface area contributed by atoms with E-state index in [2.05, 4.69) is 15.2 Å². The highest BCUT2D eigenvalue weighted by Gasteiger charge is 2.26. The first kappa shape index (κ1) is 8.67. The molecule has 2 aliphatic rings. The van der Waals surface area contributed by atoms with Crippen LogP contribution in [0, 0.1) is 0 Å².